The number of carbonyl (C=O) groups excluding carboxylic acids is 2. The molecule has 1 aromatic heterocycles. The van der Waals surface area contributed by atoms with E-state index < -0.39 is 0 Å². The van der Waals surface area contributed by atoms with Crippen LogP contribution < -0.4 is 11.1 Å². The molecule has 37 heavy (non-hydrogen) atoms. The van der Waals surface area contributed by atoms with Gasteiger partial charge in [0, 0.05) is 30.7 Å². The third-order valence-electron chi connectivity index (χ3n) is 6.79. The molecule has 2 aromatic rings. The Labute approximate surface area is 215 Å². The minimum atomic E-state index is -0.311. The molecular weight excluding hydrogens is 466 g/mol. The van der Waals surface area contributed by atoms with Gasteiger partial charge in [0.25, 0.3) is 5.91 Å². The van der Waals surface area contributed by atoms with Gasteiger partial charge in [-0.2, -0.15) is 0 Å². The first-order chi connectivity index (χ1) is 18.0. The second-order valence-corrected chi connectivity index (χ2v) is 9.05. The van der Waals surface area contributed by atoms with Gasteiger partial charge in [-0.15, -0.1) is 0 Å². The van der Waals surface area contributed by atoms with Crippen LogP contribution in [0.25, 0.3) is 5.70 Å². The van der Waals surface area contributed by atoms with E-state index in [-0.39, 0.29) is 23.9 Å². The Hall–Kier alpha value is -4.53. The summed E-state index contributed by atoms with van der Waals surface area (Å²) in [6.45, 7) is 6.36. The molecule has 1 saturated heterocycles. The van der Waals surface area contributed by atoms with Gasteiger partial charge in [-0.05, 0) is 66.8 Å². The van der Waals surface area contributed by atoms with E-state index in [1.807, 2.05) is 41.4 Å². The van der Waals surface area contributed by atoms with E-state index in [1.54, 1.807) is 29.4 Å². The molecule has 5 rings (SSSR count). The molecule has 0 spiro atoms. The summed E-state index contributed by atoms with van der Waals surface area (Å²) < 4.78 is 0. The van der Waals surface area contributed by atoms with Crippen LogP contribution in [0.3, 0.4) is 0 Å². The molecule has 0 bridgehead atoms. The van der Waals surface area contributed by atoms with E-state index in [1.165, 1.54) is 6.08 Å². The minimum Gasteiger partial charge on any atom is -0.385 e. The standard InChI is InChI=1S/C28H29N7O2/c1-3-18-11-12-30-24(16-18)33-28(37)20-9-7-19(8-10-20)21-17-23-26(29)31-13-15-35(23)27(32-21)22-6-5-14-34(22)25(36)4-2/h4,7-13,15-17,22-23H,2-3,5-6,14H2,1H3,(H2,29,31)(H,30,33,37)/t22-,23?/m0/s1. The Balaban J connectivity index is 1.42. The first-order valence-corrected chi connectivity index (χ1v) is 12.4. The average Bonchev–Trinajstić information content (AvgIpc) is 3.42. The van der Waals surface area contributed by atoms with Crippen LogP contribution in [0, 0.1) is 0 Å². The van der Waals surface area contributed by atoms with Gasteiger partial charge < -0.3 is 20.9 Å². The van der Waals surface area contributed by atoms with E-state index >= 15 is 0 Å². The van der Waals surface area contributed by atoms with Crippen molar-refractivity contribution in [2.45, 2.75) is 38.3 Å². The van der Waals surface area contributed by atoms with Gasteiger partial charge >= 0.3 is 0 Å². The van der Waals surface area contributed by atoms with E-state index in [2.05, 4.69) is 28.8 Å². The van der Waals surface area contributed by atoms with Crippen molar-refractivity contribution in [1.82, 2.24) is 14.8 Å². The number of nitrogens with one attached hydrogen (secondary N) is 1. The molecule has 0 radical (unpaired) electrons. The summed E-state index contributed by atoms with van der Waals surface area (Å²) in [6, 6.07) is 10.5. The number of nitrogens with two attached hydrogens (primary N) is 1. The third kappa shape index (κ3) is 4.80. The Morgan fingerprint density at radius 3 is 2.81 bits per heavy atom. The highest BCUT2D eigenvalue weighted by molar-refractivity contribution is 6.05. The summed E-state index contributed by atoms with van der Waals surface area (Å²) in [5.41, 5.74) is 9.43. The van der Waals surface area contributed by atoms with E-state index in [0.717, 1.165) is 36.2 Å². The maximum absolute atomic E-state index is 12.8. The lowest BCUT2D eigenvalue weighted by Gasteiger charge is -2.38. The second-order valence-electron chi connectivity index (χ2n) is 9.05. The molecule has 1 fully saturated rings. The number of aromatic nitrogens is 1. The Morgan fingerprint density at radius 1 is 1.24 bits per heavy atom. The number of carbonyl (C=O) groups is 2. The number of pyridine rings is 1. The molecule has 1 aromatic carbocycles. The fourth-order valence-electron chi connectivity index (χ4n) is 4.82. The number of amidine groups is 2. The number of rotatable bonds is 6. The quantitative estimate of drug-likeness (QED) is 0.597. The molecule has 2 atom stereocenters. The summed E-state index contributed by atoms with van der Waals surface area (Å²) in [4.78, 5) is 42.6. The van der Waals surface area contributed by atoms with Crippen LogP contribution in [-0.4, -0.2) is 56.9 Å². The monoisotopic (exact) mass is 495 g/mol. The van der Waals surface area contributed by atoms with Crippen molar-refractivity contribution in [2.24, 2.45) is 15.7 Å². The van der Waals surface area contributed by atoms with Gasteiger partial charge in [-0.3, -0.25) is 9.59 Å². The lowest BCUT2D eigenvalue weighted by molar-refractivity contribution is -0.125. The first kappa shape index (κ1) is 24.2. The maximum atomic E-state index is 12.8. The van der Waals surface area contributed by atoms with E-state index in [4.69, 9.17) is 10.7 Å². The summed E-state index contributed by atoms with van der Waals surface area (Å²) in [7, 11) is 0. The van der Waals surface area contributed by atoms with Crippen LogP contribution in [0.4, 0.5) is 5.82 Å². The smallest absolute Gasteiger partial charge is 0.256 e. The van der Waals surface area contributed by atoms with Crippen LogP contribution in [0.2, 0.25) is 0 Å². The molecule has 3 aliphatic rings. The molecule has 0 aliphatic carbocycles. The molecular formula is C28H29N7O2. The Kier molecular flexibility index (Phi) is 6.68. The van der Waals surface area contributed by atoms with E-state index in [0.29, 0.717) is 29.5 Å². The van der Waals surface area contributed by atoms with Crippen LogP contribution in [0.15, 0.2) is 83.7 Å². The van der Waals surface area contributed by atoms with Crippen molar-refractivity contribution < 1.29 is 9.59 Å². The highest BCUT2D eigenvalue weighted by Gasteiger charge is 2.38. The second kappa shape index (κ2) is 10.2. The molecule has 4 heterocycles. The third-order valence-corrected chi connectivity index (χ3v) is 6.79. The maximum Gasteiger partial charge on any atom is 0.256 e. The highest BCUT2D eigenvalue weighted by Crippen LogP contribution is 2.31. The van der Waals surface area contributed by atoms with Crippen LogP contribution in [-0.2, 0) is 11.2 Å². The number of fused-ring (bicyclic) bond motifs is 1. The van der Waals surface area contributed by atoms with Gasteiger partial charge in [0.05, 0.1) is 11.7 Å². The molecule has 3 aliphatic heterocycles. The first-order valence-electron chi connectivity index (χ1n) is 12.4. The largest absolute Gasteiger partial charge is 0.385 e. The number of aryl methyl sites for hydroxylation is 1. The summed E-state index contributed by atoms with van der Waals surface area (Å²) in [6.07, 6.45) is 11.0. The zero-order chi connectivity index (χ0) is 25.9. The number of likely N-dealkylation sites (tertiary alicyclic amines) is 1. The number of anilines is 1. The number of benzene rings is 1. The van der Waals surface area contributed by atoms with Crippen LogP contribution >= 0.6 is 0 Å². The number of amides is 2. The predicted molar refractivity (Wildman–Crippen MR) is 145 cm³/mol. The van der Waals surface area contributed by atoms with Crippen molar-refractivity contribution in [2.75, 3.05) is 11.9 Å². The van der Waals surface area contributed by atoms with Gasteiger partial charge in [0.1, 0.15) is 23.5 Å². The van der Waals surface area contributed by atoms with Crippen molar-refractivity contribution in [3.63, 3.8) is 0 Å². The van der Waals surface area contributed by atoms with Gasteiger partial charge in [0.2, 0.25) is 5.91 Å². The fraction of sp³-hybridized carbons (Fsp3) is 0.250. The summed E-state index contributed by atoms with van der Waals surface area (Å²) in [5.74, 6) is 1.36. The Bertz CT molecular complexity index is 1360. The lowest BCUT2D eigenvalue weighted by atomic mass is 10.0. The fourth-order valence-corrected chi connectivity index (χ4v) is 4.82. The van der Waals surface area contributed by atoms with E-state index in [9.17, 15) is 9.59 Å². The van der Waals surface area contributed by atoms with Crippen molar-refractivity contribution >= 4 is 35.0 Å². The van der Waals surface area contributed by atoms with Crippen molar-refractivity contribution in [1.29, 1.82) is 0 Å². The number of hydrogen-bond acceptors (Lipinski definition) is 7. The SMILES string of the molecule is C=CC(=O)N1CCC[C@H]1C1=NC(c2ccc(C(=O)Nc3cc(CC)ccn3)cc2)=CC2C(N)=NC=CN12. The minimum absolute atomic E-state index is 0.116. The van der Waals surface area contributed by atoms with Gasteiger partial charge in [-0.25, -0.2) is 15.0 Å². The number of nitrogens with zero attached hydrogens (tertiary/aromatic N) is 5. The summed E-state index contributed by atoms with van der Waals surface area (Å²) >= 11 is 0. The highest BCUT2D eigenvalue weighted by atomic mass is 16.2. The zero-order valence-corrected chi connectivity index (χ0v) is 20.7. The van der Waals surface area contributed by atoms with Crippen molar-refractivity contribution in [3.05, 3.63) is 90.4 Å². The summed E-state index contributed by atoms with van der Waals surface area (Å²) in [5, 5.41) is 2.86. The van der Waals surface area contributed by atoms with Gasteiger partial charge in [-0.1, -0.05) is 25.6 Å². The van der Waals surface area contributed by atoms with Crippen LogP contribution in [0.5, 0.6) is 0 Å². The molecule has 2 amide bonds. The molecule has 9 nitrogen and oxygen atoms in total. The topological polar surface area (TPSA) is 116 Å². The average molecular weight is 496 g/mol. The molecule has 188 valence electrons. The van der Waals surface area contributed by atoms with Crippen LogP contribution in [0.1, 0.15) is 41.3 Å². The molecule has 3 N–H and O–H groups in total. The molecule has 0 saturated carbocycles. The van der Waals surface area contributed by atoms with Crippen molar-refractivity contribution in [3.8, 4) is 0 Å². The molecule has 9 heteroatoms. The Morgan fingerprint density at radius 2 is 2.05 bits per heavy atom. The normalized spacial score (nSPS) is 20.5. The molecule has 1 unspecified atom stereocenters. The number of hydrogen-bond donors (Lipinski definition) is 2. The predicted octanol–water partition coefficient (Wildman–Crippen LogP) is 3.34. The number of aliphatic imine (C=N–C) groups is 2. The van der Waals surface area contributed by atoms with Gasteiger partial charge in [0.15, 0.2) is 0 Å². The lowest BCUT2D eigenvalue weighted by Crippen LogP contribution is -2.53. The zero-order valence-electron chi connectivity index (χ0n) is 20.7.